The van der Waals surface area contributed by atoms with Gasteiger partial charge in [0, 0.05) is 24.3 Å². The van der Waals surface area contributed by atoms with Crippen molar-refractivity contribution in [3.05, 3.63) is 29.3 Å². The molecule has 1 aliphatic rings. The number of rotatable bonds is 3. The molecular formula is C14H20N2O. The molecule has 0 spiro atoms. The van der Waals surface area contributed by atoms with Gasteiger partial charge in [-0.25, -0.2) is 0 Å². The van der Waals surface area contributed by atoms with E-state index in [4.69, 9.17) is 0 Å². The van der Waals surface area contributed by atoms with Gasteiger partial charge in [-0.05, 0) is 42.5 Å². The summed E-state index contributed by atoms with van der Waals surface area (Å²) in [5.74, 6) is 0.0336. The summed E-state index contributed by atoms with van der Waals surface area (Å²) in [5, 5.41) is 6.16. The number of carbonyl (C=O) groups is 1. The summed E-state index contributed by atoms with van der Waals surface area (Å²) in [5.41, 5.74) is 3.17. The average molecular weight is 232 g/mol. The van der Waals surface area contributed by atoms with Crippen molar-refractivity contribution in [2.75, 3.05) is 12.4 Å². The highest BCUT2D eigenvalue weighted by atomic mass is 16.1. The summed E-state index contributed by atoms with van der Waals surface area (Å²) in [6, 6.07) is 6.07. The van der Waals surface area contributed by atoms with Gasteiger partial charge < -0.3 is 10.6 Å². The number of amides is 1. The van der Waals surface area contributed by atoms with Crippen LogP contribution >= 0.6 is 0 Å². The van der Waals surface area contributed by atoms with Crippen LogP contribution in [0.15, 0.2) is 18.2 Å². The topological polar surface area (TPSA) is 41.1 Å². The van der Waals surface area contributed by atoms with Gasteiger partial charge in [-0.1, -0.05) is 13.8 Å². The summed E-state index contributed by atoms with van der Waals surface area (Å²) in [6.45, 7) is 6.35. The fourth-order valence-electron chi connectivity index (χ4n) is 2.04. The van der Waals surface area contributed by atoms with Crippen LogP contribution in [0.2, 0.25) is 0 Å². The van der Waals surface area contributed by atoms with E-state index in [9.17, 15) is 4.79 Å². The highest BCUT2D eigenvalue weighted by Crippen LogP contribution is 2.44. The maximum Gasteiger partial charge on any atom is 0.251 e. The number of nitrogens with one attached hydrogen (secondary N) is 2. The molecule has 17 heavy (non-hydrogen) atoms. The molecule has 1 saturated carbocycles. The molecule has 0 aliphatic heterocycles. The number of benzene rings is 1. The van der Waals surface area contributed by atoms with Gasteiger partial charge in [0.2, 0.25) is 0 Å². The van der Waals surface area contributed by atoms with Crippen LogP contribution in [0.1, 0.15) is 36.2 Å². The Morgan fingerprint density at radius 3 is 2.53 bits per heavy atom. The first-order chi connectivity index (χ1) is 7.94. The number of anilines is 1. The maximum atomic E-state index is 12.0. The fourth-order valence-corrected chi connectivity index (χ4v) is 2.04. The standard InChI is InChI=1S/C14H20N2O/c1-9-7-10(5-6-11(9)15-4)13(17)16-12-8-14(12,2)3/h5-7,12,15H,8H2,1-4H3,(H,16,17). The molecule has 1 aromatic rings. The summed E-state index contributed by atoms with van der Waals surface area (Å²) in [6.07, 6.45) is 1.08. The Labute approximate surface area is 103 Å². The van der Waals surface area contributed by atoms with Gasteiger partial charge in [0.15, 0.2) is 0 Å². The molecule has 0 radical (unpaired) electrons. The van der Waals surface area contributed by atoms with Gasteiger partial charge in [0.05, 0.1) is 0 Å². The molecule has 3 nitrogen and oxygen atoms in total. The van der Waals surface area contributed by atoms with Gasteiger partial charge in [0.1, 0.15) is 0 Å². The van der Waals surface area contributed by atoms with Crippen molar-refractivity contribution in [1.29, 1.82) is 0 Å². The number of hydrogen-bond acceptors (Lipinski definition) is 2. The van der Waals surface area contributed by atoms with Gasteiger partial charge >= 0.3 is 0 Å². The highest BCUT2D eigenvalue weighted by molar-refractivity contribution is 5.95. The normalized spacial score (nSPS) is 20.8. The SMILES string of the molecule is CNc1ccc(C(=O)NC2CC2(C)C)cc1C. The molecule has 1 aliphatic carbocycles. The molecule has 0 heterocycles. The highest BCUT2D eigenvalue weighted by Gasteiger charge is 2.46. The van der Waals surface area contributed by atoms with E-state index in [-0.39, 0.29) is 11.3 Å². The molecule has 3 heteroatoms. The van der Waals surface area contributed by atoms with Crippen molar-refractivity contribution in [1.82, 2.24) is 5.32 Å². The number of carbonyl (C=O) groups excluding carboxylic acids is 1. The lowest BCUT2D eigenvalue weighted by molar-refractivity contribution is 0.0946. The van der Waals surface area contributed by atoms with Crippen molar-refractivity contribution < 1.29 is 4.79 Å². The quantitative estimate of drug-likeness (QED) is 0.841. The maximum absolute atomic E-state index is 12.0. The molecule has 1 unspecified atom stereocenters. The molecule has 1 fully saturated rings. The molecule has 92 valence electrons. The second-order valence-electron chi connectivity index (χ2n) is 5.50. The Balaban J connectivity index is 2.07. The first-order valence-electron chi connectivity index (χ1n) is 6.03. The molecule has 1 aromatic carbocycles. The zero-order chi connectivity index (χ0) is 12.6. The second-order valence-corrected chi connectivity index (χ2v) is 5.50. The zero-order valence-electron chi connectivity index (χ0n) is 10.9. The van der Waals surface area contributed by atoms with Gasteiger partial charge in [-0.2, -0.15) is 0 Å². The Kier molecular flexibility index (Phi) is 2.86. The van der Waals surface area contributed by atoms with E-state index in [0.717, 1.165) is 23.2 Å². The van der Waals surface area contributed by atoms with Crippen LogP contribution in [-0.4, -0.2) is 19.0 Å². The van der Waals surface area contributed by atoms with Crippen LogP contribution in [0.25, 0.3) is 0 Å². The third-order valence-electron chi connectivity index (χ3n) is 3.58. The Bertz CT molecular complexity index is 452. The van der Waals surface area contributed by atoms with E-state index in [1.54, 1.807) is 0 Å². The first kappa shape index (κ1) is 12.0. The van der Waals surface area contributed by atoms with Gasteiger partial charge in [0.25, 0.3) is 5.91 Å². The van der Waals surface area contributed by atoms with Crippen LogP contribution in [0.4, 0.5) is 5.69 Å². The predicted octanol–water partition coefficient (Wildman–Crippen LogP) is 2.57. The Hall–Kier alpha value is -1.51. The van der Waals surface area contributed by atoms with E-state index in [1.807, 2.05) is 32.2 Å². The summed E-state index contributed by atoms with van der Waals surface area (Å²) in [4.78, 5) is 12.0. The lowest BCUT2D eigenvalue weighted by Crippen LogP contribution is -2.28. The Morgan fingerprint density at radius 1 is 1.41 bits per heavy atom. The van der Waals surface area contributed by atoms with Crippen molar-refractivity contribution in [3.8, 4) is 0 Å². The van der Waals surface area contributed by atoms with Gasteiger partial charge in [-0.15, -0.1) is 0 Å². The van der Waals surface area contributed by atoms with Crippen molar-refractivity contribution in [3.63, 3.8) is 0 Å². The monoisotopic (exact) mass is 232 g/mol. The lowest BCUT2D eigenvalue weighted by Gasteiger charge is -2.09. The predicted molar refractivity (Wildman–Crippen MR) is 70.4 cm³/mol. The summed E-state index contributed by atoms with van der Waals surface area (Å²) in [7, 11) is 1.88. The molecule has 0 saturated heterocycles. The smallest absolute Gasteiger partial charge is 0.251 e. The summed E-state index contributed by atoms with van der Waals surface area (Å²) < 4.78 is 0. The molecular weight excluding hydrogens is 212 g/mol. The molecule has 2 rings (SSSR count). The van der Waals surface area contributed by atoms with E-state index >= 15 is 0 Å². The third-order valence-corrected chi connectivity index (χ3v) is 3.58. The minimum absolute atomic E-state index is 0.0336. The first-order valence-corrected chi connectivity index (χ1v) is 6.03. The van der Waals surface area contributed by atoms with E-state index in [2.05, 4.69) is 24.5 Å². The molecule has 2 N–H and O–H groups in total. The number of aryl methyl sites for hydroxylation is 1. The minimum Gasteiger partial charge on any atom is -0.388 e. The van der Waals surface area contributed by atoms with Crippen LogP contribution in [0.5, 0.6) is 0 Å². The van der Waals surface area contributed by atoms with Crippen LogP contribution in [-0.2, 0) is 0 Å². The van der Waals surface area contributed by atoms with E-state index < -0.39 is 0 Å². The lowest BCUT2D eigenvalue weighted by atomic mass is 10.1. The molecule has 1 atom stereocenters. The fraction of sp³-hybridized carbons (Fsp3) is 0.500. The van der Waals surface area contributed by atoms with Crippen LogP contribution < -0.4 is 10.6 Å². The van der Waals surface area contributed by atoms with Crippen molar-refractivity contribution >= 4 is 11.6 Å². The van der Waals surface area contributed by atoms with Crippen molar-refractivity contribution in [2.45, 2.75) is 33.2 Å². The Morgan fingerprint density at radius 2 is 2.06 bits per heavy atom. The van der Waals surface area contributed by atoms with Crippen LogP contribution in [0.3, 0.4) is 0 Å². The van der Waals surface area contributed by atoms with E-state index in [0.29, 0.717) is 6.04 Å². The molecule has 0 bridgehead atoms. The zero-order valence-corrected chi connectivity index (χ0v) is 10.9. The second kappa shape index (κ2) is 4.06. The van der Waals surface area contributed by atoms with Crippen molar-refractivity contribution in [2.24, 2.45) is 5.41 Å². The average Bonchev–Trinajstić information content (AvgIpc) is 2.85. The molecule has 0 aromatic heterocycles. The largest absolute Gasteiger partial charge is 0.388 e. The minimum atomic E-state index is 0.0336. The van der Waals surface area contributed by atoms with Gasteiger partial charge in [-0.3, -0.25) is 4.79 Å². The summed E-state index contributed by atoms with van der Waals surface area (Å²) >= 11 is 0. The number of hydrogen-bond donors (Lipinski definition) is 2. The van der Waals surface area contributed by atoms with E-state index in [1.165, 1.54) is 0 Å². The third kappa shape index (κ3) is 2.43. The molecule has 1 amide bonds. The van der Waals surface area contributed by atoms with Crippen LogP contribution in [0, 0.1) is 12.3 Å².